The number of hydrogen-bond donors (Lipinski definition) is 2. The summed E-state index contributed by atoms with van der Waals surface area (Å²) in [7, 11) is 0. The van der Waals surface area contributed by atoms with Crippen LogP contribution in [0.4, 0.5) is 11.6 Å². The van der Waals surface area contributed by atoms with Gasteiger partial charge in [-0.15, -0.1) is 0 Å². The van der Waals surface area contributed by atoms with Crippen LogP contribution >= 0.6 is 0 Å². The van der Waals surface area contributed by atoms with Crippen LogP contribution in [0.25, 0.3) is 0 Å². The molecule has 0 aliphatic carbocycles. The maximum Gasteiger partial charge on any atom is 0.137 e. The van der Waals surface area contributed by atoms with Gasteiger partial charge in [0.05, 0.1) is 6.61 Å². The molecule has 0 radical (unpaired) electrons. The van der Waals surface area contributed by atoms with E-state index < -0.39 is 0 Å². The second-order valence-electron chi connectivity index (χ2n) is 5.22. The largest absolute Gasteiger partial charge is 0.395 e. The first kappa shape index (κ1) is 15.0. The van der Waals surface area contributed by atoms with Crippen molar-refractivity contribution in [2.45, 2.75) is 26.2 Å². The Labute approximate surface area is 120 Å². The first-order valence-corrected chi connectivity index (χ1v) is 7.43. The summed E-state index contributed by atoms with van der Waals surface area (Å²) in [6, 6.07) is 0. The van der Waals surface area contributed by atoms with Gasteiger partial charge in [-0.3, -0.25) is 4.90 Å². The van der Waals surface area contributed by atoms with Gasteiger partial charge in [0.1, 0.15) is 18.0 Å². The Morgan fingerprint density at radius 2 is 2.10 bits per heavy atom. The minimum Gasteiger partial charge on any atom is -0.395 e. The molecule has 2 heterocycles. The molecule has 1 aliphatic rings. The lowest BCUT2D eigenvalue weighted by molar-refractivity contribution is 0.204. The average Bonchev–Trinajstić information content (AvgIpc) is 2.67. The highest BCUT2D eigenvalue weighted by atomic mass is 16.3. The molecule has 0 aromatic carbocycles. The summed E-state index contributed by atoms with van der Waals surface area (Å²) in [6.07, 6.45) is 4.59. The number of nitrogen functional groups attached to an aromatic ring is 1. The molecular weight excluding hydrogens is 254 g/mol. The van der Waals surface area contributed by atoms with E-state index in [1.807, 2.05) is 0 Å². The fourth-order valence-corrected chi connectivity index (χ4v) is 2.73. The standard InChI is InChI=1S/C14H25N5O/c1-2-4-12-13(15)16-11-17-14(12)19-6-3-5-18(7-8-19)9-10-20/h11,20H,2-10H2,1H3,(H2,15,16,17). The van der Waals surface area contributed by atoms with Gasteiger partial charge in [-0.05, 0) is 19.4 Å². The Kier molecular flexibility index (Phi) is 5.55. The molecule has 1 fully saturated rings. The first-order valence-electron chi connectivity index (χ1n) is 7.43. The van der Waals surface area contributed by atoms with E-state index in [4.69, 9.17) is 10.8 Å². The van der Waals surface area contributed by atoms with Crippen molar-refractivity contribution in [1.29, 1.82) is 0 Å². The number of aliphatic hydroxyl groups is 1. The number of anilines is 2. The van der Waals surface area contributed by atoms with E-state index in [2.05, 4.69) is 26.7 Å². The van der Waals surface area contributed by atoms with E-state index in [1.165, 1.54) is 0 Å². The zero-order chi connectivity index (χ0) is 14.4. The zero-order valence-electron chi connectivity index (χ0n) is 12.3. The summed E-state index contributed by atoms with van der Waals surface area (Å²) in [5.41, 5.74) is 7.08. The third-order valence-corrected chi connectivity index (χ3v) is 3.76. The first-order chi connectivity index (χ1) is 9.76. The Bertz CT molecular complexity index is 426. The van der Waals surface area contributed by atoms with Crippen LogP contribution in [-0.2, 0) is 6.42 Å². The van der Waals surface area contributed by atoms with Crippen molar-refractivity contribution < 1.29 is 5.11 Å². The van der Waals surface area contributed by atoms with Crippen LogP contribution in [-0.4, -0.2) is 59.3 Å². The van der Waals surface area contributed by atoms with Gasteiger partial charge in [0.15, 0.2) is 0 Å². The quantitative estimate of drug-likeness (QED) is 0.818. The lowest BCUT2D eigenvalue weighted by atomic mass is 10.1. The molecule has 1 aliphatic heterocycles. The van der Waals surface area contributed by atoms with Crippen LogP contribution in [0.3, 0.4) is 0 Å². The minimum atomic E-state index is 0.224. The smallest absolute Gasteiger partial charge is 0.137 e. The van der Waals surface area contributed by atoms with Crippen molar-refractivity contribution in [1.82, 2.24) is 14.9 Å². The van der Waals surface area contributed by atoms with Crippen molar-refractivity contribution in [3.63, 3.8) is 0 Å². The maximum absolute atomic E-state index is 9.05. The van der Waals surface area contributed by atoms with Crippen LogP contribution in [0.2, 0.25) is 0 Å². The van der Waals surface area contributed by atoms with Crippen LogP contribution in [0.5, 0.6) is 0 Å². The predicted molar refractivity (Wildman–Crippen MR) is 80.8 cm³/mol. The molecule has 6 nitrogen and oxygen atoms in total. The van der Waals surface area contributed by atoms with Gasteiger partial charge in [0.2, 0.25) is 0 Å². The third kappa shape index (κ3) is 3.58. The van der Waals surface area contributed by atoms with Gasteiger partial charge in [-0.1, -0.05) is 13.3 Å². The van der Waals surface area contributed by atoms with Gasteiger partial charge in [0, 0.05) is 31.7 Å². The fourth-order valence-electron chi connectivity index (χ4n) is 2.73. The predicted octanol–water partition coefficient (Wildman–Crippen LogP) is 0.516. The number of rotatable bonds is 5. The lowest BCUT2D eigenvalue weighted by Crippen LogP contribution is -2.33. The van der Waals surface area contributed by atoms with Crippen LogP contribution in [0.15, 0.2) is 6.33 Å². The number of nitrogens with two attached hydrogens (primary N) is 1. The summed E-state index contributed by atoms with van der Waals surface area (Å²) in [6.45, 7) is 7.00. The molecule has 0 amide bonds. The fraction of sp³-hybridized carbons (Fsp3) is 0.714. The summed E-state index contributed by atoms with van der Waals surface area (Å²) in [5, 5.41) is 9.05. The number of nitrogens with zero attached hydrogens (tertiary/aromatic N) is 4. The average molecular weight is 279 g/mol. The highest BCUT2D eigenvalue weighted by molar-refractivity contribution is 5.56. The third-order valence-electron chi connectivity index (χ3n) is 3.76. The van der Waals surface area contributed by atoms with Crippen molar-refractivity contribution in [3.8, 4) is 0 Å². The Balaban J connectivity index is 2.13. The number of aliphatic hydroxyl groups excluding tert-OH is 1. The molecule has 2 rings (SSSR count). The molecule has 6 heteroatoms. The summed E-state index contributed by atoms with van der Waals surface area (Å²) < 4.78 is 0. The molecule has 0 atom stereocenters. The van der Waals surface area contributed by atoms with Crippen molar-refractivity contribution in [3.05, 3.63) is 11.9 Å². The van der Waals surface area contributed by atoms with E-state index in [9.17, 15) is 0 Å². The van der Waals surface area contributed by atoms with Gasteiger partial charge in [0.25, 0.3) is 0 Å². The van der Waals surface area contributed by atoms with Gasteiger partial charge < -0.3 is 15.7 Å². The van der Waals surface area contributed by atoms with E-state index in [0.29, 0.717) is 5.82 Å². The van der Waals surface area contributed by atoms with E-state index in [0.717, 1.165) is 63.4 Å². The van der Waals surface area contributed by atoms with Gasteiger partial charge in [-0.2, -0.15) is 0 Å². The Morgan fingerprint density at radius 3 is 2.85 bits per heavy atom. The van der Waals surface area contributed by atoms with E-state index >= 15 is 0 Å². The van der Waals surface area contributed by atoms with Crippen molar-refractivity contribution in [2.24, 2.45) is 0 Å². The molecule has 20 heavy (non-hydrogen) atoms. The molecule has 3 N–H and O–H groups in total. The molecule has 1 aromatic heterocycles. The van der Waals surface area contributed by atoms with E-state index in [-0.39, 0.29) is 6.61 Å². The lowest BCUT2D eigenvalue weighted by Gasteiger charge is -2.24. The number of hydrogen-bond acceptors (Lipinski definition) is 6. The summed E-state index contributed by atoms with van der Waals surface area (Å²) in [5.74, 6) is 1.60. The number of β-amino-alcohol motifs (C(OH)–C–C–N with tert-alkyl or cyclic N) is 1. The highest BCUT2D eigenvalue weighted by Gasteiger charge is 2.19. The molecule has 1 aromatic rings. The SMILES string of the molecule is CCCc1c(N)ncnc1N1CCCN(CCO)CC1. The van der Waals surface area contributed by atoms with Gasteiger partial charge >= 0.3 is 0 Å². The van der Waals surface area contributed by atoms with Gasteiger partial charge in [-0.25, -0.2) is 9.97 Å². The topological polar surface area (TPSA) is 78.5 Å². The molecule has 1 saturated heterocycles. The van der Waals surface area contributed by atoms with Crippen LogP contribution < -0.4 is 10.6 Å². The molecule has 0 saturated carbocycles. The Hall–Kier alpha value is -1.40. The number of aromatic nitrogens is 2. The van der Waals surface area contributed by atoms with Crippen molar-refractivity contribution in [2.75, 3.05) is 50.0 Å². The van der Waals surface area contributed by atoms with Crippen LogP contribution in [0.1, 0.15) is 25.3 Å². The summed E-state index contributed by atoms with van der Waals surface area (Å²) in [4.78, 5) is 13.2. The molecule has 112 valence electrons. The normalized spacial score (nSPS) is 17.2. The van der Waals surface area contributed by atoms with Crippen molar-refractivity contribution >= 4 is 11.6 Å². The second-order valence-corrected chi connectivity index (χ2v) is 5.22. The minimum absolute atomic E-state index is 0.224. The molecular formula is C14H25N5O. The second kappa shape index (κ2) is 7.40. The Morgan fingerprint density at radius 1 is 1.25 bits per heavy atom. The monoisotopic (exact) mass is 279 g/mol. The molecule has 0 unspecified atom stereocenters. The summed E-state index contributed by atoms with van der Waals surface area (Å²) >= 11 is 0. The molecule has 0 bridgehead atoms. The van der Waals surface area contributed by atoms with E-state index in [1.54, 1.807) is 6.33 Å². The molecule has 0 spiro atoms. The highest BCUT2D eigenvalue weighted by Crippen LogP contribution is 2.24. The zero-order valence-corrected chi connectivity index (χ0v) is 12.3. The maximum atomic E-state index is 9.05. The van der Waals surface area contributed by atoms with Crippen LogP contribution in [0, 0.1) is 0 Å².